The lowest BCUT2D eigenvalue weighted by atomic mass is 9.93. The third-order valence-corrected chi connectivity index (χ3v) is 6.21. The molecule has 0 radical (unpaired) electrons. The van der Waals surface area contributed by atoms with E-state index in [2.05, 4.69) is 0 Å². The molecule has 1 saturated heterocycles. The molecule has 1 rings (SSSR count). The lowest BCUT2D eigenvalue weighted by Crippen LogP contribution is -2.55. The Morgan fingerprint density at radius 1 is 1.53 bits per heavy atom. The van der Waals surface area contributed by atoms with Crippen LogP contribution in [0.3, 0.4) is 0 Å². The van der Waals surface area contributed by atoms with Crippen LogP contribution in [0.4, 0.5) is 0 Å². The smallest absolute Gasteiger partial charge is 0.254 e. The van der Waals surface area contributed by atoms with Gasteiger partial charge in [-0.2, -0.15) is 11.8 Å². The van der Waals surface area contributed by atoms with Gasteiger partial charge in [0.1, 0.15) is 5.60 Å². The fourth-order valence-electron chi connectivity index (χ4n) is 2.34. The van der Waals surface area contributed by atoms with Gasteiger partial charge in [0.25, 0.3) is 5.91 Å². The summed E-state index contributed by atoms with van der Waals surface area (Å²) in [5.41, 5.74) is 5.14. The number of thioether (sulfide) groups is 1. The molecule has 0 aromatic rings. The van der Waals surface area contributed by atoms with Gasteiger partial charge in [0, 0.05) is 20.2 Å². The van der Waals surface area contributed by atoms with Crippen LogP contribution in [0.5, 0.6) is 0 Å². The first-order valence-electron chi connectivity index (χ1n) is 6.55. The number of carbonyl (C=O) groups excluding carboxylic acids is 1. The molecular weight excluding hydrogens is 280 g/mol. The quantitative estimate of drug-likeness (QED) is 0.785. The molecule has 6 heteroatoms. The van der Waals surface area contributed by atoms with Crippen molar-refractivity contribution in [3.8, 4) is 0 Å². The van der Waals surface area contributed by atoms with Crippen molar-refractivity contribution in [1.82, 2.24) is 4.90 Å². The number of likely N-dealkylation sites (tertiary alicyclic amines) is 1. The Labute approximate surface area is 125 Å². The SMILES string of the molecule is CCC(C)(OC)C(=O)N1CCC(SC)(C(N)=S)CC1. The maximum atomic E-state index is 12.5. The summed E-state index contributed by atoms with van der Waals surface area (Å²) >= 11 is 6.88. The fourth-order valence-corrected chi connectivity index (χ4v) is 3.59. The summed E-state index contributed by atoms with van der Waals surface area (Å²) in [6, 6.07) is 0. The molecule has 19 heavy (non-hydrogen) atoms. The number of ether oxygens (including phenoxy) is 1. The Morgan fingerprint density at radius 2 is 2.05 bits per heavy atom. The first kappa shape index (κ1) is 16.7. The van der Waals surface area contributed by atoms with Crippen LogP contribution in [-0.2, 0) is 9.53 Å². The molecule has 1 aliphatic heterocycles. The number of nitrogens with zero attached hydrogens (tertiary/aromatic N) is 1. The summed E-state index contributed by atoms with van der Waals surface area (Å²) in [7, 11) is 1.59. The molecule has 1 atom stereocenters. The molecule has 2 N–H and O–H groups in total. The molecule has 1 amide bonds. The Hall–Kier alpha value is -0.330. The van der Waals surface area contributed by atoms with E-state index in [1.807, 2.05) is 25.0 Å². The van der Waals surface area contributed by atoms with Gasteiger partial charge in [0.2, 0.25) is 0 Å². The molecule has 1 fully saturated rings. The molecule has 0 aromatic heterocycles. The van der Waals surface area contributed by atoms with E-state index in [0.717, 1.165) is 12.8 Å². The van der Waals surface area contributed by atoms with Crippen molar-refractivity contribution in [3.05, 3.63) is 0 Å². The van der Waals surface area contributed by atoms with Crippen molar-refractivity contribution in [1.29, 1.82) is 0 Å². The van der Waals surface area contributed by atoms with Crippen LogP contribution in [0.2, 0.25) is 0 Å². The number of rotatable bonds is 5. The minimum absolute atomic E-state index is 0.0649. The van der Waals surface area contributed by atoms with E-state index in [1.165, 1.54) is 0 Å². The second kappa shape index (κ2) is 6.41. The number of thiocarbonyl (C=S) groups is 1. The molecule has 110 valence electrons. The predicted octanol–water partition coefficient (Wildman–Crippen LogP) is 1.81. The van der Waals surface area contributed by atoms with Gasteiger partial charge < -0.3 is 15.4 Å². The highest BCUT2D eigenvalue weighted by Crippen LogP contribution is 2.35. The van der Waals surface area contributed by atoms with Gasteiger partial charge in [-0.3, -0.25) is 4.79 Å². The molecule has 4 nitrogen and oxygen atoms in total. The largest absolute Gasteiger partial charge is 0.392 e. The second-order valence-corrected chi connectivity index (χ2v) is 6.77. The second-order valence-electron chi connectivity index (χ2n) is 5.14. The summed E-state index contributed by atoms with van der Waals surface area (Å²) in [5, 5.41) is 0. The van der Waals surface area contributed by atoms with Gasteiger partial charge in [-0.1, -0.05) is 19.1 Å². The first-order valence-corrected chi connectivity index (χ1v) is 8.18. The van der Waals surface area contributed by atoms with Crippen LogP contribution < -0.4 is 5.73 Å². The first-order chi connectivity index (χ1) is 8.85. The highest BCUT2D eigenvalue weighted by Gasteiger charge is 2.41. The van der Waals surface area contributed by atoms with Crippen LogP contribution in [-0.4, -0.2) is 52.6 Å². The maximum Gasteiger partial charge on any atom is 0.254 e. The molecule has 0 bridgehead atoms. The summed E-state index contributed by atoms with van der Waals surface area (Å²) in [5.74, 6) is 0.0649. The zero-order chi connectivity index (χ0) is 14.7. The number of methoxy groups -OCH3 is 1. The highest BCUT2D eigenvalue weighted by molar-refractivity contribution is 8.02. The summed E-state index contributed by atoms with van der Waals surface area (Å²) < 4.78 is 5.23. The average molecular weight is 304 g/mol. The van der Waals surface area contributed by atoms with Crippen LogP contribution in [0.25, 0.3) is 0 Å². The molecule has 0 aliphatic carbocycles. The third kappa shape index (κ3) is 3.23. The fraction of sp³-hybridized carbons (Fsp3) is 0.846. The van der Waals surface area contributed by atoms with Crippen molar-refractivity contribution < 1.29 is 9.53 Å². The van der Waals surface area contributed by atoms with Crippen molar-refractivity contribution in [2.45, 2.75) is 43.5 Å². The van der Waals surface area contributed by atoms with Gasteiger partial charge in [-0.05, 0) is 32.4 Å². The van der Waals surface area contributed by atoms with Crippen LogP contribution in [0.1, 0.15) is 33.1 Å². The van der Waals surface area contributed by atoms with Crippen molar-refractivity contribution in [2.24, 2.45) is 5.73 Å². The highest BCUT2D eigenvalue weighted by atomic mass is 32.2. The lowest BCUT2D eigenvalue weighted by molar-refractivity contribution is -0.154. The molecule has 0 saturated carbocycles. The minimum Gasteiger partial charge on any atom is -0.392 e. The van der Waals surface area contributed by atoms with E-state index in [1.54, 1.807) is 18.9 Å². The van der Waals surface area contributed by atoms with Gasteiger partial charge >= 0.3 is 0 Å². The number of amides is 1. The minimum atomic E-state index is -0.720. The Balaban J connectivity index is 2.73. The van der Waals surface area contributed by atoms with Crippen LogP contribution in [0.15, 0.2) is 0 Å². The molecule has 1 heterocycles. The predicted molar refractivity (Wildman–Crippen MR) is 84.6 cm³/mol. The Morgan fingerprint density at radius 3 is 2.37 bits per heavy atom. The number of carbonyl (C=O) groups is 1. The molecule has 1 unspecified atom stereocenters. The molecular formula is C13H24N2O2S2. The third-order valence-electron chi connectivity index (χ3n) is 4.28. The molecule has 0 aromatic carbocycles. The number of piperidine rings is 1. The summed E-state index contributed by atoms with van der Waals surface area (Å²) in [4.78, 5) is 14.9. The normalized spacial score (nSPS) is 21.8. The Kier molecular flexibility index (Phi) is 5.65. The number of hydrogen-bond acceptors (Lipinski definition) is 4. The molecule has 1 aliphatic rings. The van der Waals surface area contributed by atoms with E-state index in [0.29, 0.717) is 24.5 Å². The molecule has 0 spiro atoms. The zero-order valence-electron chi connectivity index (χ0n) is 12.2. The summed E-state index contributed by atoms with van der Waals surface area (Å²) in [6.07, 6.45) is 4.33. The van der Waals surface area contributed by atoms with E-state index in [4.69, 9.17) is 22.7 Å². The van der Waals surface area contributed by atoms with Crippen molar-refractivity contribution >= 4 is 34.9 Å². The standard InChI is InChI=1S/C13H24N2O2S2/c1-5-12(2,17-3)11(16)15-8-6-13(19-4,7-9-15)10(14)18/h5-9H2,1-4H3,(H2,14,18). The number of nitrogens with two attached hydrogens (primary N) is 1. The maximum absolute atomic E-state index is 12.5. The van der Waals surface area contributed by atoms with Crippen molar-refractivity contribution in [2.75, 3.05) is 26.5 Å². The average Bonchev–Trinajstić information content (AvgIpc) is 2.45. The van der Waals surface area contributed by atoms with E-state index in [9.17, 15) is 4.79 Å². The van der Waals surface area contributed by atoms with Gasteiger partial charge in [-0.25, -0.2) is 0 Å². The van der Waals surface area contributed by atoms with Crippen molar-refractivity contribution in [3.63, 3.8) is 0 Å². The topological polar surface area (TPSA) is 55.6 Å². The van der Waals surface area contributed by atoms with Gasteiger partial charge in [-0.15, -0.1) is 0 Å². The van der Waals surface area contributed by atoms with Crippen LogP contribution >= 0.6 is 24.0 Å². The Bertz CT molecular complexity index is 349. The lowest BCUT2D eigenvalue weighted by Gasteiger charge is -2.42. The van der Waals surface area contributed by atoms with E-state index in [-0.39, 0.29) is 10.7 Å². The number of hydrogen-bond donors (Lipinski definition) is 1. The van der Waals surface area contributed by atoms with E-state index < -0.39 is 5.60 Å². The van der Waals surface area contributed by atoms with Gasteiger partial charge in [0.15, 0.2) is 0 Å². The monoisotopic (exact) mass is 304 g/mol. The zero-order valence-corrected chi connectivity index (χ0v) is 13.8. The summed E-state index contributed by atoms with van der Waals surface area (Å²) in [6.45, 7) is 5.19. The van der Waals surface area contributed by atoms with Gasteiger partial charge in [0.05, 0.1) is 9.74 Å². The van der Waals surface area contributed by atoms with Crippen LogP contribution in [0, 0.1) is 0 Å². The van der Waals surface area contributed by atoms with E-state index >= 15 is 0 Å².